The van der Waals surface area contributed by atoms with Gasteiger partial charge in [-0.25, -0.2) is 23.1 Å². The molecule has 1 saturated heterocycles. The fourth-order valence-electron chi connectivity index (χ4n) is 4.30. The molecule has 0 unspecified atom stereocenters. The van der Waals surface area contributed by atoms with Gasteiger partial charge in [-0.2, -0.15) is 0 Å². The normalized spacial score (nSPS) is 14.7. The Morgan fingerprint density at radius 2 is 1.68 bits per heavy atom. The molecule has 1 aliphatic rings. The lowest BCUT2D eigenvalue weighted by molar-refractivity contribution is 0.0979. The van der Waals surface area contributed by atoms with Crippen LogP contribution in [-0.4, -0.2) is 37.4 Å². The largest absolute Gasteiger partial charge is 0.341 e. The number of rotatable bonds is 8. The number of carbonyl (C=O) groups is 1. The number of aromatic nitrogens is 2. The molecule has 0 radical (unpaired) electrons. The number of carbonyl (C=O) groups excluding carboxylic acids is 1. The molecule has 1 aliphatic heterocycles. The zero-order valence-corrected chi connectivity index (χ0v) is 20.2. The first-order valence-electron chi connectivity index (χ1n) is 11.7. The molecule has 0 atom stereocenters. The van der Waals surface area contributed by atoms with E-state index in [2.05, 4.69) is 43.9 Å². The molecule has 1 fully saturated rings. The maximum absolute atomic E-state index is 12.8. The molecule has 0 saturated carbocycles. The van der Waals surface area contributed by atoms with Crippen molar-refractivity contribution >= 4 is 21.9 Å². The number of nitrogens with one attached hydrogen (secondary N) is 1. The zero-order valence-electron chi connectivity index (χ0n) is 19.4. The van der Waals surface area contributed by atoms with Crippen molar-refractivity contribution in [2.24, 2.45) is 5.92 Å². The van der Waals surface area contributed by atoms with Crippen LogP contribution in [0.3, 0.4) is 0 Å². The van der Waals surface area contributed by atoms with Gasteiger partial charge >= 0.3 is 0 Å². The fraction of sp³-hybridized carbons (Fsp3) is 0.346. The van der Waals surface area contributed by atoms with Gasteiger partial charge in [-0.15, -0.1) is 0 Å². The highest BCUT2D eigenvalue weighted by Crippen LogP contribution is 2.25. The Balaban J connectivity index is 1.45. The summed E-state index contributed by atoms with van der Waals surface area (Å²) in [4.78, 5) is 24.2. The van der Waals surface area contributed by atoms with Crippen LogP contribution in [0.1, 0.15) is 47.8 Å². The maximum atomic E-state index is 12.8. The van der Waals surface area contributed by atoms with Crippen molar-refractivity contribution in [2.45, 2.75) is 43.9 Å². The predicted octanol–water partition coefficient (Wildman–Crippen LogP) is 4.01. The molecule has 0 bridgehead atoms. The summed E-state index contributed by atoms with van der Waals surface area (Å²) in [5.41, 5.74) is 2.13. The van der Waals surface area contributed by atoms with Gasteiger partial charge in [0.1, 0.15) is 0 Å². The third kappa shape index (κ3) is 5.80. The van der Waals surface area contributed by atoms with E-state index in [9.17, 15) is 13.2 Å². The summed E-state index contributed by atoms with van der Waals surface area (Å²) in [6, 6.07) is 18.4. The molecule has 1 amide bonds. The average molecular weight is 479 g/mol. The first-order chi connectivity index (χ1) is 16.5. The Hall–Kier alpha value is -3.26. The molecule has 0 aliphatic carbocycles. The van der Waals surface area contributed by atoms with Gasteiger partial charge in [0.25, 0.3) is 15.9 Å². The molecule has 7 nitrogen and oxygen atoms in total. The van der Waals surface area contributed by atoms with E-state index in [-0.39, 0.29) is 10.5 Å². The minimum absolute atomic E-state index is 0.0382. The number of aryl methyl sites for hydroxylation is 1. The predicted molar refractivity (Wildman–Crippen MR) is 132 cm³/mol. The average Bonchev–Trinajstić information content (AvgIpc) is 2.85. The number of sulfonamides is 1. The van der Waals surface area contributed by atoms with Crippen molar-refractivity contribution in [3.63, 3.8) is 0 Å². The Kier molecular flexibility index (Phi) is 7.57. The lowest BCUT2D eigenvalue weighted by atomic mass is 9.90. The van der Waals surface area contributed by atoms with Gasteiger partial charge < -0.3 is 4.90 Å². The third-order valence-electron chi connectivity index (χ3n) is 6.13. The van der Waals surface area contributed by atoms with Crippen molar-refractivity contribution in [1.29, 1.82) is 0 Å². The molecule has 2 aromatic carbocycles. The molecule has 1 N–H and O–H groups in total. The molecule has 3 aromatic rings. The standard InChI is InChI=1S/C26H30N4O3S/c1-2-9-24-23(25(31)29-34(32,33)22-12-7-4-8-13-22)19-27-26(28-24)30-16-14-21(15-17-30)18-20-10-5-3-6-11-20/h3-8,10-13,19,21H,2,9,14-18H2,1H3,(H,29,31). The van der Waals surface area contributed by atoms with E-state index in [0.29, 0.717) is 24.0 Å². The smallest absolute Gasteiger partial charge is 0.268 e. The minimum atomic E-state index is -3.97. The van der Waals surface area contributed by atoms with Crippen LogP contribution < -0.4 is 9.62 Å². The van der Waals surface area contributed by atoms with E-state index in [0.717, 1.165) is 38.8 Å². The fourth-order valence-corrected chi connectivity index (χ4v) is 5.28. The van der Waals surface area contributed by atoms with Gasteiger partial charge in [0.15, 0.2) is 0 Å². The molecule has 1 aromatic heterocycles. The van der Waals surface area contributed by atoms with Crippen molar-refractivity contribution in [3.05, 3.63) is 83.7 Å². The van der Waals surface area contributed by atoms with Gasteiger partial charge in [0.2, 0.25) is 5.95 Å². The summed E-state index contributed by atoms with van der Waals surface area (Å²) in [6.45, 7) is 3.72. The first-order valence-corrected chi connectivity index (χ1v) is 13.2. The minimum Gasteiger partial charge on any atom is -0.341 e. The Morgan fingerprint density at radius 3 is 2.32 bits per heavy atom. The van der Waals surface area contributed by atoms with E-state index in [1.165, 1.54) is 23.9 Å². The molecular weight excluding hydrogens is 448 g/mol. The second-order valence-corrected chi connectivity index (χ2v) is 10.3. The lowest BCUT2D eigenvalue weighted by Crippen LogP contribution is -2.36. The molecule has 4 rings (SSSR count). The molecule has 34 heavy (non-hydrogen) atoms. The highest BCUT2D eigenvalue weighted by atomic mass is 32.2. The second kappa shape index (κ2) is 10.8. The summed E-state index contributed by atoms with van der Waals surface area (Å²) in [5.74, 6) is 0.520. The van der Waals surface area contributed by atoms with Crippen LogP contribution in [0, 0.1) is 5.92 Å². The van der Waals surface area contributed by atoms with Crippen molar-refractivity contribution < 1.29 is 13.2 Å². The SMILES string of the molecule is CCCc1nc(N2CCC(Cc3ccccc3)CC2)ncc1C(=O)NS(=O)(=O)c1ccccc1. The number of benzene rings is 2. The summed E-state index contributed by atoms with van der Waals surface area (Å²) >= 11 is 0. The van der Waals surface area contributed by atoms with Crippen LogP contribution in [0.4, 0.5) is 5.95 Å². The Labute approximate surface area is 201 Å². The Morgan fingerprint density at radius 1 is 1.03 bits per heavy atom. The zero-order chi connectivity index (χ0) is 24.0. The third-order valence-corrected chi connectivity index (χ3v) is 7.48. The first kappa shape index (κ1) is 23.9. The van der Waals surface area contributed by atoms with Crippen LogP contribution in [0.15, 0.2) is 71.8 Å². The molecule has 2 heterocycles. The number of piperidine rings is 1. The molecule has 178 valence electrons. The highest BCUT2D eigenvalue weighted by Gasteiger charge is 2.25. The van der Waals surface area contributed by atoms with E-state index in [1.807, 2.05) is 13.0 Å². The second-order valence-electron chi connectivity index (χ2n) is 8.65. The number of hydrogen-bond donors (Lipinski definition) is 1. The van der Waals surface area contributed by atoms with Crippen LogP contribution >= 0.6 is 0 Å². The van der Waals surface area contributed by atoms with Crippen LogP contribution in [0.5, 0.6) is 0 Å². The summed E-state index contributed by atoms with van der Waals surface area (Å²) in [5, 5.41) is 0. The van der Waals surface area contributed by atoms with Crippen molar-refractivity contribution in [1.82, 2.24) is 14.7 Å². The van der Waals surface area contributed by atoms with Gasteiger partial charge in [0, 0.05) is 19.3 Å². The van der Waals surface area contributed by atoms with Crippen molar-refractivity contribution in [3.8, 4) is 0 Å². The van der Waals surface area contributed by atoms with E-state index in [1.54, 1.807) is 18.2 Å². The monoisotopic (exact) mass is 478 g/mol. The molecule has 8 heteroatoms. The highest BCUT2D eigenvalue weighted by molar-refractivity contribution is 7.90. The number of anilines is 1. The summed E-state index contributed by atoms with van der Waals surface area (Å²) < 4.78 is 27.3. The Bertz CT molecular complexity index is 1210. The topological polar surface area (TPSA) is 92.3 Å². The van der Waals surface area contributed by atoms with Crippen LogP contribution in [0.2, 0.25) is 0 Å². The quantitative estimate of drug-likeness (QED) is 0.526. The lowest BCUT2D eigenvalue weighted by Gasteiger charge is -2.32. The van der Waals surface area contributed by atoms with Crippen molar-refractivity contribution in [2.75, 3.05) is 18.0 Å². The summed E-state index contributed by atoms with van der Waals surface area (Å²) in [6.07, 6.45) is 5.98. The van der Waals surface area contributed by atoms with E-state index < -0.39 is 15.9 Å². The number of amides is 1. The van der Waals surface area contributed by atoms with Gasteiger partial charge in [-0.05, 0) is 49.3 Å². The van der Waals surface area contributed by atoms with Gasteiger partial charge in [-0.1, -0.05) is 61.9 Å². The van der Waals surface area contributed by atoms with E-state index >= 15 is 0 Å². The molecule has 0 spiro atoms. The van der Waals surface area contributed by atoms with Gasteiger partial charge in [0.05, 0.1) is 16.2 Å². The number of hydrogen-bond acceptors (Lipinski definition) is 6. The van der Waals surface area contributed by atoms with Crippen LogP contribution in [0.25, 0.3) is 0 Å². The number of nitrogens with zero attached hydrogens (tertiary/aromatic N) is 3. The molecular formula is C26H30N4O3S. The van der Waals surface area contributed by atoms with Crippen LogP contribution in [-0.2, 0) is 22.9 Å². The maximum Gasteiger partial charge on any atom is 0.268 e. The van der Waals surface area contributed by atoms with E-state index in [4.69, 9.17) is 0 Å². The van der Waals surface area contributed by atoms with Gasteiger partial charge in [-0.3, -0.25) is 4.79 Å². The summed E-state index contributed by atoms with van der Waals surface area (Å²) in [7, 11) is -3.97.